The molecule has 7 nitrogen and oxygen atoms in total. The van der Waals surface area contributed by atoms with Crippen molar-refractivity contribution in [3.8, 4) is 5.88 Å². The van der Waals surface area contributed by atoms with Crippen LogP contribution in [0.1, 0.15) is 60.3 Å². The largest absolute Gasteiger partial charge is 0.478 e. The van der Waals surface area contributed by atoms with E-state index in [4.69, 9.17) is 9.47 Å². The lowest BCUT2D eigenvalue weighted by Gasteiger charge is -2.37. The molecule has 1 aromatic rings. The molecular formula is C20H34N4O3. The summed E-state index contributed by atoms with van der Waals surface area (Å²) in [4.78, 5) is 21.3. The minimum atomic E-state index is -0.223. The zero-order valence-electron chi connectivity index (χ0n) is 17.2. The van der Waals surface area contributed by atoms with Gasteiger partial charge in [0.05, 0.1) is 18.8 Å². The van der Waals surface area contributed by atoms with Crippen LogP contribution in [0.2, 0.25) is 0 Å². The first kappa shape index (κ1) is 21.4. The Bertz CT molecular complexity index is 603. The van der Waals surface area contributed by atoms with Crippen molar-refractivity contribution < 1.29 is 14.3 Å². The topological polar surface area (TPSA) is 85.4 Å². The lowest BCUT2D eigenvalue weighted by Crippen LogP contribution is -2.49. The Hall–Kier alpha value is -1.89. The van der Waals surface area contributed by atoms with Crippen molar-refractivity contribution in [1.82, 2.24) is 15.3 Å². The monoisotopic (exact) mass is 378 g/mol. The fourth-order valence-corrected chi connectivity index (χ4v) is 3.26. The summed E-state index contributed by atoms with van der Waals surface area (Å²) in [6.45, 7) is 11.3. The van der Waals surface area contributed by atoms with Gasteiger partial charge >= 0.3 is 0 Å². The first-order chi connectivity index (χ1) is 12.8. The van der Waals surface area contributed by atoms with Gasteiger partial charge in [0.1, 0.15) is 0 Å². The second kappa shape index (κ2) is 9.88. The van der Waals surface area contributed by atoms with E-state index >= 15 is 0 Å². The number of ether oxygens (including phenoxy) is 2. The van der Waals surface area contributed by atoms with Gasteiger partial charge in [-0.15, -0.1) is 0 Å². The number of hydrogen-bond acceptors (Lipinski definition) is 6. The molecule has 2 rings (SSSR count). The zero-order chi connectivity index (χ0) is 19.9. The molecule has 1 saturated carbocycles. The minimum Gasteiger partial charge on any atom is -0.478 e. The van der Waals surface area contributed by atoms with Gasteiger partial charge in [-0.25, -0.2) is 4.98 Å². The SMILES string of the molecule is CCCO[C@@H]1C[C@@H](C(=O)NC(C)(C)C)CC[C@H]1Nc1nccc(OCC)n1. The normalized spacial score (nSPS) is 22.9. The van der Waals surface area contributed by atoms with Gasteiger partial charge in [0.15, 0.2) is 0 Å². The molecule has 0 bridgehead atoms. The van der Waals surface area contributed by atoms with E-state index in [9.17, 15) is 4.79 Å². The Morgan fingerprint density at radius 1 is 1.30 bits per heavy atom. The molecule has 0 saturated heterocycles. The molecule has 1 aromatic heterocycles. The maximum Gasteiger partial charge on any atom is 0.226 e. The van der Waals surface area contributed by atoms with Crippen molar-refractivity contribution in [2.45, 2.75) is 78.0 Å². The number of nitrogens with zero attached hydrogens (tertiary/aromatic N) is 2. The van der Waals surface area contributed by atoms with Crippen LogP contribution in [-0.4, -0.2) is 46.8 Å². The second-order valence-corrected chi connectivity index (χ2v) is 8.06. The van der Waals surface area contributed by atoms with E-state index in [1.165, 1.54) is 0 Å². The molecule has 3 atom stereocenters. The molecule has 1 fully saturated rings. The highest BCUT2D eigenvalue weighted by Gasteiger charge is 2.35. The Morgan fingerprint density at radius 3 is 2.74 bits per heavy atom. The van der Waals surface area contributed by atoms with Crippen molar-refractivity contribution in [3.63, 3.8) is 0 Å². The van der Waals surface area contributed by atoms with Gasteiger partial charge in [0.2, 0.25) is 17.7 Å². The summed E-state index contributed by atoms with van der Waals surface area (Å²) in [6, 6.07) is 1.82. The zero-order valence-corrected chi connectivity index (χ0v) is 17.2. The summed E-state index contributed by atoms with van der Waals surface area (Å²) in [5.74, 6) is 1.17. The van der Waals surface area contributed by atoms with Gasteiger partial charge in [-0.2, -0.15) is 4.98 Å². The van der Waals surface area contributed by atoms with Crippen LogP contribution in [0.4, 0.5) is 5.95 Å². The van der Waals surface area contributed by atoms with Crippen LogP contribution in [0.15, 0.2) is 12.3 Å². The second-order valence-electron chi connectivity index (χ2n) is 8.06. The van der Waals surface area contributed by atoms with Crippen LogP contribution in [0, 0.1) is 5.92 Å². The number of rotatable bonds is 8. The van der Waals surface area contributed by atoms with Gasteiger partial charge in [-0.05, 0) is 53.4 Å². The van der Waals surface area contributed by atoms with E-state index in [-0.39, 0.29) is 29.5 Å². The summed E-state index contributed by atoms with van der Waals surface area (Å²) in [6.07, 6.45) is 4.93. The average molecular weight is 379 g/mol. The molecular weight excluding hydrogens is 344 g/mol. The first-order valence-corrected chi connectivity index (χ1v) is 9.98. The van der Waals surface area contributed by atoms with Crippen molar-refractivity contribution in [2.75, 3.05) is 18.5 Å². The van der Waals surface area contributed by atoms with E-state index in [0.717, 1.165) is 19.3 Å². The van der Waals surface area contributed by atoms with Crippen molar-refractivity contribution in [1.29, 1.82) is 0 Å². The number of amides is 1. The number of nitrogens with one attached hydrogen (secondary N) is 2. The molecule has 152 valence electrons. The number of anilines is 1. The summed E-state index contributed by atoms with van der Waals surface area (Å²) in [5, 5.41) is 6.48. The molecule has 7 heteroatoms. The van der Waals surface area contributed by atoms with Crippen LogP contribution in [-0.2, 0) is 9.53 Å². The third kappa shape index (κ3) is 6.97. The molecule has 2 N–H and O–H groups in total. The number of carbonyl (C=O) groups is 1. The lowest BCUT2D eigenvalue weighted by molar-refractivity contribution is -0.129. The smallest absolute Gasteiger partial charge is 0.226 e. The Kier molecular flexibility index (Phi) is 7.83. The lowest BCUT2D eigenvalue weighted by atomic mass is 9.82. The first-order valence-electron chi connectivity index (χ1n) is 9.98. The van der Waals surface area contributed by atoms with E-state index in [1.54, 1.807) is 12.3 Å². The average Bonchev–Trinajstić information content (AvgIpc) is 2.60. The summed E-state index contributed by atoms with van der Waals surface area (Å²) in [5.41, 5.74) is -0.223. The third-order valence-electron chi connectivity index (χ3n) is 4.43. The van der Waals surface area contributed by atoms with Crippen LogP contribution in [0.3, 0.4) is 0 Å². The van der Waals surface area contributed by atoms with Crippen LogP contribution in [0.5, 0.6) is 5.88 Å². The van der Waals surface area contributed by atoms with Gasteiger partial charge in [0, 0.05) is 30.3 Å². The van der Waals surface area contributed by atoms with E-state index in [0.29, 0.717) is 31.5 Å². The molecule has 1 aliphatic carbocycles. The number of hydrogen-bond donors (Lipinski definition) is 2. The van der Waals surface area contributed by atoms with Crippen molar-refractivity contribution >= 4 is 11.9 Å². The van der Waals surface area contributed by atoms with Gasteiger partial charge in [-0.3, -0.25) is 4.79 Å². The molecule has 27 heavy (non-hydrogen) atoms. The summed E-state index contributed by atoms with van der Waals surface area (Å²) >= 11 is 0. The number of carbonyl (C=O) groups excluding carboxylic acids is 1. The molecule has 0 radical (unpaired) electrons. The van der Waals surface area contributed by atoms with Gasteiger partial charge in [-0.1, -0.05) is 6.92 Å². The van der Waals surface area contributed by atoms with Crippen molar-refractivity contribution in [2.24, 2.45) is 5.92 Å². The maximum atomic E-state index is 12.6. The predicted octanol–water partition coefficient (Wildman–Crippen LogP) is 3.17. The molecule has 1 aliphatic rings. The van der Waals surface area contributed by atoms with Crippen LogP contribution in [0.25, 0.3) is 0 Å². The fraction of sp³-hybridized carbons (Fsp3) is 0.750. The van der Waals surface area contributed by atoms with E-state index in [1.807, 2.05) is 27.7 Å². The highest BCUT2D eigenvalue weighted by molar-refractivity contribution is 5.79. The molecule has 0 spiro atoms. The van der Waals surface area contributed by atoms with Gasteiger partial charge in [0.25, 0.3) is 0 Å². The Balaban J connectivity index is 2.03. The Morgan fingerprint density at radius 2 is 2.07 bits per heavy atom. The predicted molar refractivity (Wildman–Crippen MR) is 106 cm³/mol. The van der Waals surface area contributed by atoms with Crippen LogP contribution >= 0.6 is 0 Å². The molecule has 1 heterocycles. The fourth-order valence-electron chi connectivity index (χ4n) is 3.26. The highest BCUT2D eigenvalue weighted by atomic mass is 16.5. The number of aromatic nitrogens is 2. The minimum absolute atomic E-state index is 0.0280. The van der Waals surface area contributed by atoms with E-state index in [2.05, 4.69) is 27.5 Å². The maximum absolute atomic E-state index is 12.6. The molecule has 0 unspecified atom stereocenters. The summed E-state index contributed by atoms with van der Waals surface area (Å²) < 4.78 is 11.5. The quantitative estimate of drug-likeness (QED) is 0.723. The molecule has 0 aliphatic heterocycles. The highest BCUT2D eigenvalue weighted by Crippen LogP contribution is 2.29. The Labute approximate surface area is 162 Å². The third-order valence-corrected chi connectivity index (χ3v) is 4.43. The van der Waals surface area contributed by atoms with E-state index < -0.39 is 0 Å². The van der Waals surface area contributed by atoms with Crippen LogP contribution < -0.4 is 15.4 Å². The molecule has 0 aromatic carbocycles. The standard InChI is InChI=1S/C20H34N4O3/c1-6-12-27-16-13-14(18(25)24-20(3,4)5)8-9-15(16)22-19-21-11-10-17(23-19)26-7-2/h10-11,14-16H,6-9,12-13H2,1-5H3,(H,24,25)(H,21,22,23)/t14-,15+,16+/m0/s1. The van der Waals surface area contributed by atoms with Gasteiger partial charge < -0.3 is 20.1 Å². The van der Waals surface area contributed by atoms with Crippen molar-refractivity contribution in [3.05, 3.63) is 12.3 Å². The summed E-state index contributed by atoms with van der Waals surface area (Å²) in [7, 11) is 0. The molecule has 1 amide bonds.